The first-order valence-electron chi connectivity index (χ1n) is 4.64. The van der Waals surface area contributed by atoms with Gasteiger partial charge in [-0.05, 0) is 6.42 Å². The van der Waals surface area contributed by atoms with Crippen LogP contribution in [0.25, 0.3) is 0 Å². The molecule has 5 heteroatoms. The first kappa shape index (κ1) is 9.68. The number of nitrogens with one attached hydrogen (secondary N) is 1. The summed E-state index contributed by atoms with van der Waals surface area (Å²) in [6.45, 7) is 2.57. The summed E-state index contributed by atoms with van der Waals surface area (Å²) in [4.78, 5) is 8.03. The highest BCUT2D eigenvalue weighted by Crippen LogP contribution is 2.13. The molecule has 2 heterocycles. The molecule has 1 unspecified atom stereocenters. The summed E-state index contributed by atoms with van der Waals surface area (Å²) in [5, 5.41) is 3.60. The second kappa shape index (κ2) is 4.57. The van der Waals surface area contributed by atoms with Gasteiger partial charge in [0.1, 0.15) is 11.0 Å². The lowest BCUT2D eigenvalue weighted by Gasteiger charge is -2.09. The number of ether oxygens (including phenoxy) is 1. The van der Waals surface area contributed by atoms with Crippen LogP contribution in [0.15, 0.2) is 12.4 Å². The van der Waals surface area contributed by atoms with Crippen molar-refractivity contribution in [1.29, 1.82) is 0 Å². The lowest BCUT2D eigenvalue weighted by Crippen LogP contribution is -2.14. The van der Waals surface area contributed by atoms with Crippen molar-refractivity contribution < 1.29 is 4.74 Å². The molecule has 2 rings (SSSR count). The fourth-order valence-corrected chi connectivity index (χ4v) is 1.57. The molecule has 0 bridgehead atoms. The third-order valence-corrected chi connectivity index (χ3v) is 2.38. The van der Waals surface area contributed by atoms with E-state index in [1.165, 1.54) is 6.20 Å². The largest absolute Gasteiger partial charge is 0.381 e. The number of halogens is 1. The predicted molar refractivity (Wildman–Crippen MR) is 54.5 cm³/mol. The van der Waals surface area contributed by atoms with Gasteiger partial charge in [-0.25, -0.2) is 4.98 Å². The molecule has 1 aliphatic heterocycles. The number of nitrogens with zero attached hydrogens (tertiary/aromatic N) is 2. The molecular weight excluding hydrogens is 202 g/mol. The molecule has 0 spiro atoms. The van der Waals surface area contributed by atoms with Crippen molar-refractivity contribution >= 4 is 17.4 Å². The molecule has 0 radical (unpaired) electrons. The Balaban J connectivity index is 1.85. The zero-order chi connectivity index (χ0) is 9.80. The van der Waals surface area contributed by atoms with Gasteiger partial charge in [0.25, 0.3) is 0 Å². The number of hydrogen-bond donors (Lipinski definition) is 1. The topological polar surface area (TPSA) is 47.0 Å². The molecule has 1 aromatic heterocycles. The molecule has 0 amide bonds. The monoisotopic (exact) mass is 213 g/mol. The number of anilines is 1. The van der Waals surface area contributed by atoms with Crippen LogP contribution in [0.1, 0.15) is 6.42 Å². The van der Waals surface area contributed by atoms with E-state index in [4.69, 9.17) is 16.3 Å². The highest BCUT2D eigenvalue weighted by atomic mass is 35.5. The standard InChI is InChI=1S/C9H12ClN3O/c10-8-4-11-5-9(13-8)12-3-7-1-2-14-6-7/h4-5,7H,1-3,6H2,(H,12,13). The number of aromatic nitrogens is 2. The quantitative estimate of drug-likeness (QED) is 0.828. The van der Waals surface area contributed by atoms with E-state index in [0.29, 0.717) is 11.1 Å². The van der Waals surface area contributed by atoms with Crippen LogP contribution >= 0.6 is 11.6 Å². The van der Waals surface area contributed by atoms with E-state index >= 15 is 0 Å². The van der Waals surface area contributed by atoms with E-state index in [9.17, 15) is 0 Å². The first-order chi connectivity index (χ1) is 6.84. The van der Waals surface area contributed by atoms with Crippen molar-refractivity contribution in [3.63, 3.8) is 0 Å². The summed E-state index contributed by atoms with van der Waals surface area (Å²) in [6, 6.07) is 0. The lowest BCUT2D eigenvalue weighted by molar-refractivity contribution is 0.187. The Morgan fingerprint density at radius 3 is 3.21 bits per heavy atom. The average molecular weight is 214 g/mol. The number of hydrogen-bond acceptors (Lipinski definition) is 4. The van der Waals surface area contributed by atoms with Crippen LogP contribution in [-0.2, 0) is 4.74 Å². The van der Waals surface area contributed by atoms with Gasteiger partial charge in [-0.15, -0.1) is 0 Å². The van der Waals surface area contributed by atoms with Gasteiger partial charge in [0, 0.05) is 19.1 Å². The Bertz CT molecular complexity index is 302. The van der Waals surface area contributed by atoms with Crippen LogP contribution in [-0.4, -0.2) is 29.7 Å². The molecule has 0 saturated carbocycles. The van der Waals surface area contributed by atoms with E-state index in [-0.39, 0.29) is 0 Å². The molecule has 1 saturated heterocycles. The highest BCUT2D eigenvalue weighted by Gasteiger charge is 2.15. The van der Waals surface area contributed by atoms with Crippen LogP contribution in [0.4, 0.5) is 5.82 Å². The van der Waals surface area contributed by atoms with Gasteiger partial charge in [0.15, 0.2) is 0 Å². The lowest BCUT2D eigenvalue weighted by atomic mass is 10.1. The van der Waals surface area contributed by atoms with Crippen molar-refractivity contribution in [1.82, 2.24) is 9.97 Å². The normalized spacial score (nSPS) is 21.1. The molecule has 0 aromatic carbocycles. The van der Waals surface area contributed by atoms with Crippen molar-refractivity contribution in [2.24, 2.45) is 5.92 Å². The van der Waals surface area contributed by atoms with Crippen LogP contribution in [0.3, 0.4) is 0 Å². The predicted octanol–water partition coefficient (Wildman–Crippen LogP) is 1.58. The van der Waals surface area contributed by atoms with Gasteiger partial charge in [0.2, 0.25) is 0 Å². The summed E-state index contributed by atoms with van der Waals surface area (Å²) >= 11 is 5.70. The van der Waals surface area contributed by atoms with Crippen molar-refractivity contribution in [3.05, 3.63) is 17.5 Å². The molecule has 1 atom stereocenters. The average Bonchev–Trinajstić information content (AvgIpc) is 2.67. The molecule has 1 aromatic rings. The van der Waals surface area contributed by atoms with Crippen molar-refractivity contribution in [2.75, 3.05) is 25.1 Å². The zero-order valence-electron chi connectivity index (χ0n) is 7.74. The van der Waals surface area contributed by atoms with Gasteiger partial charge in [-0.3, -0.25) is 4.98 Å². The van der Waals surface area contributed by atoms with Crippen molar-refractivity contribution in [3.8, 4) is 0 Å². The van der Waals surface area contributed by atoms with Crippen LogP contribution in [0.5, 0.6) is 0 Å². The Morgan fingerprint density at radius 1 is 1.57 bits per heavy atom. The van der Waals surface area contributed by atoms with Crippen LogP contribution < -0.4 is 5.32 Å². The fourth-order valence-electron chi connectivity index (χ4n) is 1.42. The summed E-state index contributed by atoms with van der Waals surface area (Å²) in [5.74, 6) is 1.31. The first-order valence-corrected chi connectivity index (χ1v) is 5.01. The van der Waals surface area contributed by atoms with Gasteiger partial charge < -0.3 is 10.1 Å². The van der Waals surface area contributed by atoms with E-state index in [1.807, 2.05) is 0 Å². The van der Waals surface area contributed by atoms with Crippen LogP contribution in [0.2, 0.25) is 5.15 Å². The van der Waals surface area contributed by atoms with Gasteiger partial charge in [0.05, 0.1) is 19.0 Å². The maximum absolute atomic E-state index is 5.70. The van der Waals surface area contributed by atoms with Gasteiger partial charge in [-0.1, -0.05) is 11.6 Å². The molecular formula is C9H12ClN3O. The highest BCUT2D eigenvalue weighted by molar-refractivity contribution is 6.29. The Hall–Kier alpha value is -0.870. The Labute approximate surface area is 87.7 Å². The second-order valence-electron chi connectivity index (χ2n) is 3.34. The van der Waals surface area contributed by atoms with E-state index in [0.717, 1.165) is 32.0 Å². The second-order valence-corrected chi connectivity index (χ2v) is 3.72. The molecule has 0 aliphatic carbocycles. The summed E-state index contributed by atoms with van der Waals surface area (Å²) in [6.07, 6.45) is 4.30. The number of rotatable bonds is 3. The minimum atomic E-state index is 0.415. The zero-order valence-corrected chi connectivity index (χ0v) is 8.50. The summed E-state index contributed by atoms with van der Waals surface area (Å²) in [7, 11) is 0. The molecule has 1 aliphatic rings. The van der Waals surface area contributed by atoms with Gasteiger partial charge >= 0.3 is 0 Å². The third kappa shape index (κ3) is 2.56. The summed E-state index contributed by atoms with van der Waals surface area (Å²) < 4.78 is 5.27. The molecule has 1 N–H and O–H groups in total. The van der Waals surface area contributed by atoms with E-state index < -0.39 is 0 Å². The fraction of sp³-hybridized carbons (Fsp3) is 0.556. The molecule has 76 valence electrons. The smallest absolute Gasteiger partial charge is 0.149 e. The molecule has 4 nitrogen and oxygen atoms in total. The van der Waals surface area contributed by atoms with E-state index in [1.54, 1.807) is 6.20 Å². The van der Waals surface area contributed by atoms with E-state index in [2.05, 4.69) is 15.3 Å². The molecule has 14 heavy (non-hydrogen) atoms. The Kier molecular flexibility index (Phi) is 3.16. The molecule has 1 fully saturated rings. The maximum atomic E-state index is 5.70. The van der Waals surface area contributed by atoms with Gasteiger partial charge in [-0.2, -0.15) is 0 Å². The Morgan fingerprint density at radius 2 is 2.50 bits per heavy atom. The van der Waals surface area contributed by atoms with Crippen molar-refractivity contribution in [2.45, 2.75) is 6.42 Å². The minimum absolute atomic E-state index is 0.415. The SMILES string of the molecule is Clc1cncc(NCC2CCOC2)n1. The van der Waals surface area contributed by atoms with Crippen LogP contribution in [0, 0.1) is 5.92 Å². The summed E-state index contributed by atoms with van der Waals surface area (Å²) in [5.41, 5.74) is 0. The maximum Gasteiger partial charge on any atom is 0.149 e. The third-order valence-electron chi connectivity index (χ3n) is 2.20. The minimum Gasteiger partial charge on any atom is -0.381 e.